The molecule has 2 aliphatic carbocycles. The lowest BCUT2D eigenvalue weighted by Gasteiger charge is -2.53. The van der Waals surface area contributed by atoms with E-state index in [1.807, 2.05) is 44.3 Å². The fourth-order valence-electron chi connectivity index (χ4n) is 7.73. The van der Waals surface area contributed by atoms with Crippen molar-refractivity contribution in [3.63, 3.8) is 0 Å². The van der Waals surface area contributed by atoms with E-state index >= 15 is 0 Å². The number of nitrogens with zero attached hydrogens (tertiary/aromatic N) is 3. The number of fused-ring (bicyclic) bond motifs is 2. The van der Waals surface area contributed by atoms with Crippen molar-refractivity contribution < 1.29 is 19.5 Å². The molecule has 3 amide bonds. The highest BCUT2D eigenvalue weighted by molar-refractivity contribution is 7.15. The molecule has 41 heavy (non-hydrogen) atoms. The second kappa shape index (κ2) is 11.8. The molecular formula is C32H44N4O4S. The number of anilines is 1. The number of hydrogen-bond acceptors (Lipinski definition) is 6. The number of nitrogens with one attached hydrogen (secondary N) is 1. The third-order valence-corrected chi connectivity index (χ3v) is 11.1. The number of thiazole rings is 1. The normalized spacial score (nSPS) is 28.8. The van der Waals surface area contributed by atoms with Crippen molar-refractivity contribution in [2.45, 2.75) is 78.4 Å². The van der Waals surface area contributed by atoms with Crippen LogP contribution in [-0.2, 0) is 27.3 Å². The molecule has 2 N–H and O–H groups in total. The highest BCUT2D eigenvalue weighted by atomic mass is 32.1. The predicted octanol–water partition coefficient (Wildman–Crippen LogP) is 4.69. The summed E-state index contributed by atoms with van der Waals surface area (Å²) in [7, 11) is 1.85. The third-order valence-electron chi connectivity index (χ3n) is 10.1. The number of piperidine rings is 1. The lowest BCUT2D eigenvalue weighted by atomic mass is 9.53. The molecule has 1 aromatic carbocycles. The first-order valence-corrected chi connectivity index (χ1v) is 15.8. The standard InChI is InChI=1S/C32H44N4O4S/c1-19(30(40)35(5)18-22-9-7-6-8-10-22)24-11-14-32(4)17-25-27(20(2)26(32)28(24)38)33-31(41-25)34-29(39)23-12-15-36(16-13-23)21(3)37/h6-10,19-20,23-24,26,28,38H,11-18H2,1-5H3,(H,33,34,39). The first-order chi connectivity index (χ1) is 19.5. The molecule has 2 fully saturated rings. The van der Waals surface area contributed by atoms with E-state index in [2.05, 4.69) is 19.2 Å². The molecule has 6 unspecified atom stereocenters. The molecule has 0 radical (unpaired) electrons. The Balaban J connectivity index is 1.26. The molecule has 5 rings (SSSR count). The fraction of sp³-hybridized carbons (Fsp3) is 0.625. The molecule has 1 aromatic heterocycles. The number of carbonyl (C=O) groups excluding carboxylic acids is 3. The zero-order chi connectivity index (χ0) is 29.5. The first-order valence-electron chi connectivity index (χ1n) is 15.0. The molecule has 0 spiro atoms. The maximum absolute atomic E-state index is 13.4. The summed E-state index contributed by atoms with van der Waals surface area (Å²) in [5, 5.41) is 15.5. The van der Waals surface area contributed by atoms with E-state index in [-0.39, 0.29) is 52.7 Å². The Kier molecular flexibility index (Phi) is 8.58. The molecule has 1 aliphatic heterocycles. The van der Waals surface area contributed by atoms with Crippen LogP contribution in [-0.4, -0.2) is 63.9 Å². The van der Waals surface area contributed by atoms with E-state index in [1.54, 1.807) is 28.1 Å². The molecule has 6 atom stereocenters. The van der Waals surface area contributed by atoms with Crippen LogP contribution in [0.1, 0.15) is 75.4 Å². The van der Waals surface area contributed by atoms with Crippen molar-refractivity contribution in [1.82, 2.24) is 14.8 Å². The van der Waals surface area contributed by atoms with Crippen molar-refractivity contribution in [2.75, 3.05) is 25.5 Å². The van der Waals surface area contributed by atoms with Gasteiger partial charge in [-0.3, -0.25) is 14.4 Å². The molecule has 1 saturated heterocycles. The van der Waals surface area contributed by atoms with Crippen molar-refractivity contribution in [3.05, 3.63) is 46.5 Å². The number of benzene rings is 1. The number of amides is 3. The van der Waals surface area contributed by atoms with Crippen LogP contribution in [0.15, 0.2) is 30.3 Å². The van der Waals surface area contributed by atoms with Crippen molar-refractivity contribution in [1.29, 1.82) is 0 Å². The van der Waals surface area contributed by atoms with Gasteiger partial charge in [-0.15, -0.1) is 11.3 Å². The van der Waals surface area contributed by atoms with E-state index in [0.29, 0.717) is 37.6 Å². The number of rotatable bonds is 6. The molecule has 222 valence electrons. The van der Waals surface area contributed by atoms with Gasteiger partial charge >= 0.3 is 0 Å². The van der Waals surface area contributed by atoms with Crippen LogP contribution in [0.5, 0.6) is 0 Å². The molecular weight excluding hydrogens is 536 g/mol. The van der Waals surface area contributed by atoms with Crippen molar-refractivity contribution >= 4 is 34.2 Å². The van der Waals surface area contributed by atoms with Gasteiger partial charge in [-0.2, -0.15) is 0 Å². The maximum Gasteiger partial charge on any atom is 0.229 e. The van der Waals surface area contributed by atoms with Crippen LogP contribution in [0.3, 0.4) is 0 Å². The Morgan fingerprint density at radius 1 is 1.20 bits per heavy atom. The quantitative estimate of drug-likeness (QED) is 0.516. The van der Waals surface area contributed by atoms with Crippen molar-refractivity contribution in [2.24, 2.45) is 29.1 Å². The largest absolute Gasteiger partial charge is 0.392 e. The zero-order valence-corrected chi connectivity index (χ0v) is 25.7. The van der Waals surface area contributed by atoms with E-state index in [9.17, 15) is 19.5 Å². The van der Waals surface area contributed by atoms with Gasteiger partial charge in [0.25, 0.3) is 0 Å². The van der Waals surface area contributed by atoms with Crippen LogP contribution in [0.2, 0.25) is 0 Å². The Morgan fingerprint density at radius 2 is 1.88 bits per heavy atom. The number of carbonyl (C=O) groups is 3. The summed E-state index contributed by atoms with van der Waals surface area (Å²) in [5.41, 5.74) is 1.97. The summed E-state index contributed by atoms with van der Waals surface area (Å²) in [4.78, 5) is 47.8. The smallest absolute Gasteiger partial charge is 0.229 e. The van der Waals surface area contributed by atoms with E-state index < -0.39 is 6.10 Å². The minimum absolute atomic E-state index is 0.00927. The predicted molar refractivity (Wildman–Crippen MR) is 160 cm³/mol. The Hall–Kier alpha value is -2.78. The lowest BCUT2D eigenvalue weighted by molar-refractivity contribution is -0.144. The van der Waals surface area contributed by atoms with Gasteiger partial charge in [-0.1, -0.05) is 51.1 Å². The van der Waals surface area contributed by atoms with Gasteiger partial charge in [0.2, 0.25) is 17.7 Å². The Bertz CT molecular complexity index is 1270. The summed E-state index contributed by atoms with van der Waals surface area (Å²) in [5.74, 6) is -0.399. The van der Waals surface area contributed by atoms with Gasteiger partial charge in [0, 0.05) is 56.2 Å². The number of aromatic nitrogens is 1. The van der Waals surface area contributed by atoms with Gasteiger partial charge in [0.05, 0.1) is 11.8 Å². The number of hydrogen-bond donors (Lipinski definition) is 2. The number of likely N-dealkylation sites (tertiary alicyclic amines) is 1. The summed E-state index contributed by atoms with van der Waals surface area (Å²) in [6.45, 7) is 9.73. The van der Waals surface area contributed by atoms with Crippen LogP contribution < -0.4 is 5.32 Å². The molecule has 0 bridgehead atoms. The van der Waals surface area contributed by atoms with Crippen LogP contribution >= 0.6 is 11.3 Å². The van der Waals surface area contributed by atoms with Crippen LogP contribution in [0.4, 0.5) is 5.13 Å². The summed E-state index contributed by atoms with van der Waals surface area (Å²) in [6.07, 6.45) is 3.30. The number of aliphatic hydroxyl groups is 1. The van der Waals surface area contributed by atoms with E-state index in [1.165, 1.54) is 4.88 Å². The molecule has 9 heteroatoms. The summed E-state index contributed by atoms with van der Waals surface area (Å²) in [6, 6.07) is 9.99. The first kappa shape index (κ1) is 29.7. The summed E-state index contributed by atoms with van der Waals surface area (Å²) >= 11 is 1.56. The highest BCUT2D eigenvalue weighted by Gasteiger charge is 2.54. The van der Waals surface area contributed by atoms with E-state index in [4.69, 9.17) is 4.98 Å². The van der Waals surface area contributed by atoms with Crippen molar-refractivity contribution in [3.8, 4) is 0 Å². The Labute approximate surface area is 247 Å². The molecule has 2 heterocycles. The van der Waals surface area contributed by atoms with Gasteiger partial charge in [-0.05, 0) is 54.9 Å². The molecule has 1 saturated carbocycles. The highest BCUT2D eigenvalue weighted by Crippen LogP contribution is 2.57. The minimum atomic E-state index is -0.604. The number of aliphatic hydroxyl groups excluding tert-OH is 1. The molecule has 8 nitrogen and oxygen atoms in total. The topological polar surface area (TPSA) is 103 Å². The molecule has 3 aliphatic rings. The zero-order valence-electron chi connectivity index (χ0n) is 24.9. The maximum atomic E-state index is 13.4. The van der Waals surface area contributed by atoms with Gasteiger partial charge in [0.1, 0.15) is 0 Å². The minimum Gasteiger partial charge on any atom is -0.392 e. The monoisotopic (exact) mass is 580 g/mol. The van der Waals surface area contributed by atoms with Crippen LogP contribution in [0.25, 0.3) is 0 Å². The van der Waals surface area contributed by atoms with E-state index in [0.717, 1.165) is 30.5 Å². The van der Waals surface area contributed by atoms with Gasteiger partial charge < -0.3 is 20.2 Å². The summed E-state index contributed by atoms with van der Waals surface area (Å²) < 4.78 is 0. The fourth-order valence-corrected chi connectivity index (χ4v) is 9.00. The average molecular weight is 581 g/mol. The molecule has 2 aromatic rings. The van der Waals surface area contributed by atoms with Crippen LogP contribution in [0, 0.1) is 29.1 Å². The van der Waals surface area contributed by atoms with Gasteiger partial charge in [-0.25, -0.2) is 4.98 Å². The van der Waals surface area contributed by atoms with Gasteiger partial charge in [0.15, 0.2) is 5.13 Å². The average Bonchev–Trinajstić information content (AvgIpc) is 3.34. The lowest BCUT2D eigenvalue weighted by Crippen LogP contribution is -2.53. The second-order valence-corrected chi connectivity index (χ2v) is 14.0. The second-order valence-electron chi connectivity index (χ2n) is 12.9. The Morgan fingerprint density at radius 3 is 2.54 bits per heavy atom. The SMILES string of the molecule is CC(=O)N1CCC(C(=O)Nc2nc3c(s2)CC2(C)CCC(C(C)C(=O)N(C)Cc4ccccc4)C(O)C2C3C)CC1. The third kappa shape index (κ3) is 5.93.